The number of benzene rings is 1. The first kappa shape index (κ1) is 18.2. The molecule has 2 N–H and O–H groups in total. The van der Waals surface area contributed by atoms with E-state index < -0.39 is 0 Å². The van der Waals surface area contributed by atoms with Gasteiger partial charge in [0.1, 0.15) is 0 Å². The molecule has 7 heteroatoms. The van der Waals surface area contributed by atoms with Crippen molar-refractivity contribution in [3.63, 3.8) is 0 Å². The van der Waals surface area contributed by atoms with E-state index in [-0.39, 0.29) is 5.91 Å². The van der Waals surface area contributed by atoms with E-state index in [2.05, 4.69) is 46.8 Å². The van der Waals surface area contributed by atoms with Crippen molar-refractivity contribution < 1.29 is 4.79 Å². The highest BCUT2D eigenvalue weighted by atomic mass is 32.2. The summed E-state index contributed by atoms with van der Waals surface area (Å²) in [5.74, 6) is 1.06. The van der Waals surface area contributed by atoms with Gasteiger partial charge in [0.25, 0.3) is 0 Å². The summed E-state index contributed by atoms with van der Waals surface area (Å²) in [5.41, 5.74) is 2.19. The first-order valence-electron chi connectivity index (χ1n) is 8.69. The van der Waals surface area contributed by atoms with E-state index >= 15 is 0 Å². The third kappa shape index (κ3) is 5.44. The second-order valence-corrected chi connectivity index (χ2v) is 8.79. The Balaban J connectivity index is 1.47. The Morgan fingerprint density at radius 2 is 2.16 bits per heavy atom. The molecule has 0 aliphatic heterocycles. The topological polar surface area (TPSA) is 66.9 Å². The molecule has 1 aromatic heterocycles. The molecule has 134 valence electrons. The van der Waals surface area contributed by atoms with Crippen LogP contribution in [0.2, 0.25) is 0 Å². The molecule has 2 aromatic rings. The van der Waals surface area contributed by atoms with Crippen LogP contribution in [0, 0.1) is 12.8 Å². The normalized spacial score (nSPS) is 20.2. The van der Waals surface area contributed by atoms with Crippen molar-refractivity contribution in [3.05, 3.63) is 29.8 Å². The molecule has 5 nitrogen and oxygen atoms in total. The number of anilines is 2. The van der Waals surface area contributed by atoms with E-state index in [1.54, 1.807) is 0 Å². The number of nitrogens with zero attached hydrogens (tertiary/aromatic N) is 2. The molecule has 1 heterocycles. The number of carbonyl (C=O) groups is 1. The molecule has 1 aliphatic rings. The second-order valence-electron chi connectivity index (χ2n) is 6.59. The summed E-state index contributed by atoms with van der Waals surface area (Å²) in [6, 6.07) is 8.45. The fourth-order valence-corrected chi connectivity index (χ4v) is 4.65. The van der Waals surface area contributed by atoms with E-state index in [0.717, 1.165) is 21.6 Å². The molecule has 1 amide bonds. The minimum atomic E-state index is 0.0899. The van der Waals surface area contributed by atoms with Crippen LogP contribution in [0.1, 0.15) is 38.2 Å². The Bertz CT molecular complexity index is 719. The number of hydrogen-bond donors (Lipinski definition) is 2. The van der Waals surface area contributed by atoms with Gasteiger partial charge in [-0.2, -0.15) is 0 Å². The predicted octanol–water partition coefficient (Wildman–Crippen LogP) is 4.38. The number of thioether (sulfide) groups is 1. The SMILES string of the molecule is Cc1cccc(Nc2nnc(SCC(=O)N[C@@H]3CCCC[C@H]3C)s2)c1. The third-order valence-electron chi connectivity index (χ3n) is 4.46. The molecule has 2 atom stereocenters. The van der Waals surface area contributed by atoms with E-state index in [0.29, 0.717) is 17.7 Å². The van der Waals surface area contributed by atoms with Gasteiger partial charge < -0.3 is 10.6 Å². The maximum absolute atomic E-state index is 12.2. The number of nitrogens with one attached hydrogen (secondary N) is 2. The predicted molar refractivity (Wildman–Crippen MR) is 105 cm³/mol. The average Bonchev–Trinajstić information content (AvgIpc) is 3.03. The number of amides is 1. The average molecular weight is 377 g/mol. The van der Waals surface area contributed by atoms with E-state index in [4.69, 9.17) is 0 Å². The third-order valence-corrected chi connectivity index (χ3v) is 6.43. The van der Waals surface area contributed by atoms with Crippen LogP contribution in [0.3, 0.4) is 0 Å². The first-order valence-corrected chi connectivity index (χ1v) is 10.5. The number of aromatic nitrogens is 2. The van der Waals surface area contributed by atoms with Gasteiger partial charge in [-0.05, 0) is 43.4 Å². The van der Waals surface area contributed by atoms with Crippen molar-refractivity contribution in [1.29, 1.82) is 0 Å². The zero-order valence-electron chi connectivity index (χ0n) is 14.6. The monoisotopic (exact) mass is 376 g/mol. The van der Waals surface area contributed by atoms with Gasteiger partial charge in [0.2, 0.25) is 11.0 Å². The van der Waals surface area contributed by atoms with Crippen LogP contribution < -0.4 is 10.6 Å². The molecule has 25 heavy (non-hydrogen) atoms. The van der Waals surface area contributed by atoms with Crippen LogP contribution in [0.5, 0.6) is 0 Å². The molecule has 1 aromatic carbocycles. The number of carbonyl (C=O) groups excluding carboxylic acids is 1. The van der Waals surface area contributed by atoms with Crippen LogP contribution in [0.4, 0.5) is 10.8 Å². The molecular weight excluding hydrogens is 352 g/mol. The number of aryl methyl sites for hydroxylation is 1. The molecule has 0 saturated heterocycles. The van der Waals surface area contributed by atoms with Gasteiger partial charge in [-0.25, -0.2) is 0 Å². The molecule has 1 fully saturated rings. The van der Waals surface area contributed by atoms with Crippen molar-refractivity contribution in [2.45, 2.75) is 49.9 Å². The standard InChI is InChI=1S/C18H24N4OS2/c1-12-6-5-8-14(10-12)19-17-21-22-18(25-17)24-11-16(23)20-15-9-4-3-7-13(15)2/h5-6,8,10,13,15H,3-4,7,9,11H2,1-2H3,(H,19,21)(H,20,23)/t13-,15-/m1/s1. The van der Waals surface area contributed by atoms with Crippen LogP contribution in [0.15, 0.2) is 28.6 Å². The number of hydrogen-bond acceptors (Lipinski definition) is 6. The zero-order chi connectivity index (χ0) is 17.6. The zero-order valence-corrected chi connectivity index (χ0v) is 16.3. The van der Waals surface area contributed by atoms with Gasteiger partial charge in [-0.15, -0.1) is 10.2 Å². The molecule has 1 saturated carbocycles. The van der Waals surface area contributed by atoms with Crippen molar-refractivity contribution >= 4 is 39.8 Å². The Morgan fingerprint density at radius 3 is 2.96 bits per heavy atom. The van der Waals surface area contributed by atoms with Crippen molar-refractivity contribution in [3.8, 4) is 0 Å². The fourth-order valence-electron chi connectivity index (χ4n) is 3.07. The van der Waals surface area contributed by atoms with Gasteiger partial charge in [0.15, 0.2) is 4.34 Å². The summed E-state index contributed by atoms with van der Waals surface area (Å²) in [4.78, 5) is 12.2. The maximum atomic E-state index is 12.2. The molecule has 0 bridgehead atoms. The van der Waals surface area contributed by atoms with Crippen molar-refractivity contribution in [2.24, 2.45) is 5.92 Å². The van der Waals surface area contributed by atoms with Crippen LogP contribution in [-0.2, 0) is 4.79 Å². The Hall–Kier alpha value is -1.60. The summed E-state index contributed by atoms with van der Waals surface area (Å²) in [6.07, 6.45) is 4.81. The smallest absolute Gasteiger partial charge is 0.230 e. The lowest BCUT2D eigenvalue weighted by molar-refractivity contribution is -0.119. The highest BCUT2D eigenvalue weighted by Crippen LogP contribution is 2.28. The van der Waals surface area contributed by atoms with Gasteiger partial charge in [0, 0.05) is 11.7 Å². The fraction of sp³-hybridized carbons (Fsp3) is 0.500. The molecule has 0 spiro atoms. The Morgan fingerprint density at radius 1 is 1.32 bits per heavy atom. The summed E-state index contributed by atoms with van der Waals surface area (Å²) < 4.78 is 0.807. The Labute approximate surface area is 157 Å². The van der Waals surface area contributed by atoms with Gasteiger partial charge in [-0.1, -0.05) is 55.0 Å². The molecular formula is C18H24N4OS2. The lowest BCUT2D eigenvalue weighted by atomic mass is 9.86. The minimum absolute atomic E-state index is 0.0899. The van der Waals surface area contributed by atoms with Crippen molar-refractivity contribution in [1.82, 2.24) is 15.5 Å². The van der Waals surface area contributed by atoms with Crippen LogP contribution >= 0.6 is 23.1 Å². The van der Waals surface area contributed by atoms with E-state index in [1.165, 1.54) is 47.9 Å². The lowest BCUT2D eigenvalue weighted by Gasteiger charge is -2.29. The summed E-state index contributed by atoms with van der Waals surface area (Å²) in [7, 11) is 0. The first-order chi connectivity index (χ1) is 12.1. The molecule has 3 rings (SSSR count). The maximum Gasteiger partial charge on any atom is 0.230 e. The van der Waals surface area contributed by atoms with Crippen LogP contribution in [0.25, 0.3) is 0 Å². The van der Waals surface area contributed by atoms with Gasteiger partial charge in [-0.3, -0.25) is 4.79 Å². The number of rotatable bonds is 6. The highest BCUT2D eigenvalue weighted by Gasteiger charge is 2.22. The van der Waals surface area contributed by atoms with E-state index in [1.807, 2.05) is 12.1 Å². The lowest BCUT2D eigenvalue weighted by Crippen LogP contribution is -2.41. The summed E-state index contributed by atoms with van der Waals surface area (Å²) in [5, 5.41) is 15.5. The molecule has 1 aliphatic carbocycles. The van der Waals surface area contributed by atoms with E-state index in [9.17, 15) is 4.79 Å². The Kier molecular flexibility index (Phi) is 6.31. The largest absolute Gasteiger partial charge is 0.352 e. The second kappa shape index (κ2) is 8.67. The van der Waals surface area contributed by atoms with Crippen LogP contribution in [-0.4, -0.2) is 27.9 Å². The highest BCUT2D eigenvalue weighted by molar-refractivity contribution is 8.01. The van der Waals surface area contributed by atoms with Gasteiger partial charge in [0.05, 0.1) is 5.75 Å². The molecule has 0 unspecified atom stereocenters. The molecule has 0 radical (unpaired) electrons. The minimum Gasteiger partial charge on any atom is -0.352 e. The summed E-state index contributed by atoms with van der Waals surface area (Å²) >= 11 is 2.92. The van der Waals surface area contributed by atoms with Gasteiger partial charge >= 0.3 is 0 Å². The summed E-state index contributed by atoms with van der Waals surface area (Å²) in [6.45, 7) is 4.28. The van der Waals surface area contributed by atoms with Crippen molar-refractivity contribution in [2.75, 3.05) is 11.1 Å². The quantitative estimate of drug-likeness (QED) is 0.733.